The Labute approximate surface area is 118 Å². The first-order valence-corrected chi connectivity index (χ1v) is 6.90. The number of rotatable bonds is 5. The van der Waals surface area contributed by atoms with E-state index in [2.05, 4.69) is 5.32 Å². The fourth-order valence-electron chi connectivity index (χ4n) is 2.27. The van der Waals surface area contributed by atoms with Gasteiger partial charge in [-0.05, 0) is 25.0 Å². The Balaban J connectivity index is 1.87. The minimum atomic E-state index is 0.156. The predicted molar refractivity (Wildman–Crippen MR) is 75.5 cm³/mol. The molecule has 1 amide bonds. The molecule has 0 unspecified atom stereocenters. The molecule has 0 atom stereocenters. The summed E-state index contributed by atoms with van der Waals surface area (Å²) >= 11 is 6.14. The molecule has 2 rings (SSSR count). The molecule has 0 spiro atoms. The van der Waals surface area contributed by atoms with E-state index < -0.39 is 0 Å². The van der Waals surface area contributed by atoms with E-state index in [4.69, 9.17) is 16.3 Å². The molecule has 104 valence electrons. The zero-order valence-corrected chi connectivity index (χ0v) is 11.9. The van der Waals surface area contributed by atoms with E-state index in [1.807, 2.05) is 23.1 Å². The molecule has 19 heavy (non-hydrogen) atoms. The van der Waals surface area contributed by atoms with Gasteiger partial charge in [-0.3, -0.25) is 4.79 Å². The molecule has 1 N–H and O–H groups in total. The summed E-state index contributed by atoms with van der Waals surface area (Å²) < 4.78 is 5.26. The number of methoxy groups -OCH3 is 1. The highest BCUT2D eigenvalue weighted by Crippen LogP contribution is 2.25. The Kier molecular flexibility index (Phi) is 5.05. The quantitative estimate of drug-likeness (QED) is 0.899. The summed E-state index contributed by atoms with van der Waals surface area (Å²) in [5.41, 5.74) is 0.890. The molecule has 4 nitrogen and oxygen atoms in total. The standard InChI is InChI=1S/C14H19ClN2O2/c1-19-13-6-4-5-12(15)11(13)9-16-10-14(18)17-7-2-3-8-17/h4-6,16H,2-3,7-10H2,1H3. The summed E-state index contributed by atoms with van der Waals surface area (Å²) in [5, 5.41) is 3.79. The molecule has 1 aromatic rings. The number of hydrogen-bond acceptors (Lipinski definition) is 3. The van der Waals surface area contributed by atoms with Crippen LogP contribution in [-0.4, -0.2) is 37.6 Å². The van der Waals surface area contributed by atoms with Crippen molar-refractivity contribution >= 4 is 17.5 Å². The van der Waals surface area contributed by atoms with E-state index in [9.17, 15) is 4.79 Å². The van der Waals surface area contributed by atoms with Gasteiger partial charge in [-0.1, -0.05) is 17.7 Å². The van der Waals surface area contributed by atoms with Crippen molar-refractivity contribution in [2.45, 2.75) is 19.4 Å². The molecule has 1 aromatic carbocycles. The van der Waals surface area contributed by atoms with Crippen LogP contribution in [0.4, 0.5) is 0 Å². The largest absolute Gasteiger partial charge is 0.496 e. The smallest absolute Gasteiger partial charge is 0.236 e. The molecule has 1 aliphatic heterocycles. The fraction of sp³-hybridized carbons (Fsp3) is 0.500. The van der Waals surface area contributed by atoms with Gasteiger partial charge >= 0.3 is 0 Å². The topological polar surface area (TPSA) is 41.6 Å². The third kappa shape index (κ3) is 3.61. The second kappa shape index (κ2) is 6.78. The number of nitrogens with zero attached hydrogens (tertiary/aromatic N) is 1. The maximum atomic E-state index is 11.9. The second-order valence-electron chi connectivity index (χ2n) is 4.61. The molecular formula is C14H19ClN2O2. The van der Waals surface area contributed by atoms with E-state index in [-0.39, 0.29) is 5.91 Å². The Morgan fingerprint density at radius 3 is 2.84 bits per heavy atom. The monoisotopic (exact) mass is 282 g/mol. The van der Waals surface area contributed by atoms with Crippen LogP contribution in [0.2, 0.25) is 5.02 Å². The van der Waals surface area contributed by atoms with Crippen molar-refractivity contribution < 1.29 is 9.53 Å². The van der Waals surface area contributed by atoms with Crippen LogP contribution in [0.1, 0.15) is 18.4 Å². The molecular weight excluding hydrogens is 264 g/mol. The van der Waals surface area contributed by atoms with E-state index in [1.165, 1.54) is 0 Å². The van der Waals surface area contributed by atoms with Crippen LogP contribution in [0.3, 0.4) is 0 Å². The molecule has 1 saturated heterocycles. The molecule has 0 saturated carbocycles. The Morgan fingerprint density at radius 1 is 1.42 bits per heavy atom. The third-order valence-corrected chi connectivity index (χ3v) is 3.69. The maximum absolute atomic E-state index is 11.9. The van der Waals surface area contributed by atoms with Crippen molar-refractivity contribution in [2.24, 2.45) is 0 Å². The summed E-state index contributed by atoms with van der Waals surface area (Å²) in [6.07, 6.45) is 2.23. The minimum absolute atomic E-state index is 0.156. The average Bonchev–Trinajstić information content (AvgIpc) is 2.94. The van der Waals surface area contributed by atoms with Gasteiger partial charge in [0.25, 0.3) is 0 Å². The number of hydrogen-bond donors (Lipinski definition) is 1. The first-order chi connectivity index (χ1) is 9.22. The Morgan fingerprint density at radius 2 is 2.16 bits per heavy atom. The lowest BCUT2D eigenvalue weighted by atomic mass is 10.2. The van der Waals surface area contributed by atoms with Crippen molar-refractivity contribution in [3.05, 3.63) is 28.8 Å². The number of carbonyl (C=O) groups is 1. The summed E-state index contributed by atoms with van der Waals surface area (Å²) in [7, 11) is 1.62. The van der Waals surface area contributed by atoms with Gasteiger partial charge in [0.05, 0.1) is 13.7 Å². The molecule has 0 aliphatic carbocycles. The summed E-state index contributed by atoms with van der Waals surface area (Å²) in [5.74, 6) is 0.900. The van der Waals surface area contributed by atoms with Crippen LogP contribution in [0.15, 0.2) is 18.2 Å². The molecule has 1 heterocycles. The normalized spacial score (nSPS) is 14.7. The van der Waals surface area contributed by atoms with Crippen LogP contribution in [0.5, 0.6) is 5.75 Å². The SMILES string of the molecule is COc1cccc(Cl)c1CNCC(=O)N1CCCC1. The Bertz CT molecular complexity index is 445. The van der Waals surface area contributed by atoms with Gasteiger partial charge in [-0.25, -0.2) is 0 Å². The van der Waals surface area contributed by atoms with Crippen molar-refractivity contribution in [2.75, 3.05) is 26.7 Å². The molecule has 5 heteroatoms. The van der Waals surface area contributed by atoms with Gasteiger partial charge in [-0.15, -0.1) is 0 Å². The summed E-state index contributed by atoms with van der Waals surface area (Å²) in [6.45, 7) is 2.64. The van der Waals surface area contributed by atoms with Gasteiger partial charge in [0.2, 0.25) is 5.91 Å². The van der Waals surface area contributed by atoms with Gasteiger partial charge < -0.3 is 15.0 Å². The van der Waals surface area contributed by atoms with Crippen LogP contribution < -0.4 is 10.1 Å². The Hall–Kier alpha value is -1.26. The molecule has 1 aliphatic rings. The van der Waals surface area contributed by atoms with Gasteiger partial charge in [-0.2, -0.15) is 0 Å². The van der Waals surface area contributed by atoms with Crippen molar-refractivity contribution in [1.29, 1.82) is 0 Å². The van der Waals surface area contributed by atoms with E-state index in [1.54, 1.807) is 7.11 Å². The van der Waals surface area contributed by atoms with Crippen LogP contribution >= 0.6 is 11.6 Å². The lowest BCUT2D eigenvalue weighted by molar-refractivity contribution is -0.129. The number of benzene rings is 1. The number of likely N-dealkylation sites (tertiary alicyclic amines) is 1. The van der Waals surface area contributed by atoms with E-state index >= 15 is 0 Å². The predicted octanol–water partition coefficient (Wildman–Crippen LogP) is 2.06. The summed E-state index contributed by atoms with van der Waals surface area (Å²) in [4.78, 5) is 13.8. The minimum Gasteiger partial charge on any atom is -0.496 e. The highest BCUT2D eigenvalue weighted by Gasteiger charge is 2.17. The summed E-state index contributed by atoms with van der Waals surface area (Å²) in [6, 6.07) is 5.54. The lowest BCUT2D eigenvalue weighted by Gasteiger charge is -2.16. The number of halogens is 1. The fourth-order valence-corrected chi connectivity index (χ4v) is 2.51. The third-order valence-electron chi connectivity index (χ3n) is 3.33. The second-order valence-corrected chi connectivity index (χ2v) is 5.02. The molecule has 1 fully saturated rings. The maximum Gasteiger partial charge on any atom is 0.236 e. The lowest BCUT2D eigenvalue weighted by Crippen LogP contribution is -2.36. The zero-order chi connectivity index (χ0) is 13.7. The average molecular weight is 283 g/mol. The van der Waals surface area contributed by atoms with Crippen LogP contribution in [0.25, 0.3) is 0 Å². The number of amides is 1. The highest BCUT2D eigenvalue weighted by atomic mass is 35.5. The zero-order valence-electron chi connectivity index (χ0n) is 11.1. The van der Waals surface area contributed by atoms with Crippen molar-refractivity contribution in [1.82, 2.24) is 10.2 Å². The van der Waals surface area contributed by atoms with Crippen molar-refractivity contribution in [3.8, 4) is 5.75 Å². The highest BCUT2D eigenvalue weighted by molar-refractivity contribution is 6.31. The molecule has 0 radical (unpaired) electrons. The molecule has 0 aromatic heterocycles. The van der Waals surface area contributed by atoms with Crippen molar-refractivity contribution in [3.63, 3.8) is 0 Å². The van der Waals surface area contributed by atoms with Gasteiger partial charge in [0.1, 0.15) is 5.75 Å². The van der Waals surface area contributed by atoms with E-state index in [0.717, 1.165) is 37.2 Å². The first-order valence-electron chi connectivity index (χ1n) is 6.52. The molecule has 0 bridgehead atoms. The van der Waals surface area contributed by atoms with Crippen LogP contribution in [0, 0.1) is 0 Å². The number of carbonyl (C=O) groups excluding carboxylic acids is 1. The van der Waals surface area contributed by atoms with Crippen LogP contribution in [-0.2, 0) is 11.3 Å². The van der Waals surface area contributed by atoms with Gasteiger partial charge in [0.15, 0.2) is 0 Å². The van der Waals surface area contributed by atoms with Gasteiger partial charge in [0, 0.05) is 30.2 Å². The van der Waals surface area contributed by atoms with E-state index in [0.29, 0.717) is 18.1 Å². The first kappa shape index (κ1) is 14.2. The number of nitrogens with one attached hydrogen (secondary N) is 1. The number of ether oxygens (including phenoxy) is 1.